The van der Waals surface area contributed by atoms with Gasteiger partial charge in [-0.1, -0.05) is 12.1 Å². The summed E-state index contributed by atoms with van der Waals surface area (Å²) in [7, 11) is -2.28. The van der Waals surface area contributed by atoms with Crippen molar-refractivity contribution in [1.82, 2.24) is 4.31 Å². The lowest BCUT2D eigenvalue weighted by Gasteiger charge is -2.18. The van der Waals surface area contributed by atoms with Gasteiger partial charge in [0.2, 0.25) is 10.0 Å². The van der Waals surface area contributed by atoms with Crippen LogP contribution in [0.1, 0.15) is 23.2 Å². The largest absolute Gasteiger partial charge is 0.495 e. The van der Waals surface area contributed by atoms with E-state index in [-0.39, 0.29) is 22.1 Å². The standard InChI is InChI=1S/C19H22N2O4S2/c1-25-16-10-9-14(13-18(16)27(23,24)21-11-5-6-12-21)19(22)20-15-7-3-4-8-17(15)26-2/h3-4,7-10,13H,5-6,11-12H2,1-2H3,(H,20,22). The second-order valence-electron chi connectivity index (χ2n) is 6.13. The van der Waals surface area contributed by atoms with Crippen LogP contribution < -0.4 is 10.1 Å². The van der Waals surface area contributed by atoms with E-state index in [4.69, 9.17) is 4.74 Å². The number of thioether (sulfide) groups is 1. The number of nitrogens with one attached hydrogen (secondary N) is 1. The van der Waals surface area contributed by atoms with Gasteiger partial charge in [0.15, 0.2) is 0 Å². The topological polar surface area (TPSA) is 75.7 Å². The molecule has 1 aliphatic rings. The molecule has 2 aromatic carbocycles. The average molecular weight is 407 g/mol. The van der Waals surface area contributed by atoms with Gasteiger partial charge in [0.1, 0.15) is 10.6 Å². The minimum absolute atomic E-state index is 0.0256. The van der Waals surface area contributed by atoms with Crippen LogP contribution in [0, 0.1) is 0 Å². The summed E-state index contributed by atoms with van der Waals surface area (Å²) in [5, 5.41) is 2.85. The van der Waals surface area contributed by atoms with Crippen LogP contribution in [0.5, 0.6) is 5.75 Å². The highest BCUT2D eigenvalue weighted by molar-refractivity contribution is 7.98. The highest BCUT2D eigenvalue weighted by Crippen LogP contribution is 2.31. The highest BCUT2D eigenvalue weighted by atomic mass is 32.2. The zero-order valence-electron chi connectivity index (χ0n) is 15.3. The summed E-state index contributed by atoms with van der Waals surface area (Å²) in [4.78, 5) is 13.7. The molecule has 1 fully saturated rings. The second kappa shape index (κ2) is 8.33. The van der Waals surface area contributed by atoms with E-state index in [0.29, 0.717) is 18.8 Å². The molecule has 2 aromatic rings. The van der Waals surface area contributed by atoms with Gasteiger partial charge in [0, 0.05) is 23.5 Å². The molecule has 144 valence electrons. The number of rotatable bonds is 6. The molecule has 1 heterocycles. The van der Waals surface area contributed by atoms with Crippen molar-refractivity contribution in [2.45, 2.75) is 22.6 Å². The van der Waals surface area contributed by atoms with Gasteiger partial charge in [-0.05, 0) is 49.4 Å². The molecule has 6 nitrogen and oxygen atoms in total. The molecule has 0 unspecified atom stereocenters. The Morgan fingerprint density at radius 1 is 1.15 bits per heavy atom. The molecule has 1 aliphatic heterocycles. The average Bonchev–Trinajstić information content (AvgIpc) is 3.23. The van der Waals surface area contributed by atoms with Gasteiger partial charge in [0.05, 0.1) is 12.8 Å². The van der Waals surface area contributed by atoms with Crippen molar-refractivity contribution in [3.8, 4) is 5.75 Å². The van der Waals surface area contributed by atoms with E-state index in [1.165, 1.54) is 35.3 Å². The number of sulfonamides is 1. The zero-order valence-corrected chi connectivity index (χ0v) is 16.9. The smallest absolute Gasteiger partial charge is 0.255 e. The van der Waals surface area contributed by atoms with Crippen LogP contribution in [-0.2, 0) is 10.0 Å². The molecule has 1 N–H and O–H groups in total. The van der Waals surface area contributed by atoms with Crippen molar-refractivity contribution in [3.05, 3.63) is 48.0 Å². The predicted octanol–water partition coefficient (Wildman–Crippen LogP) is 3.45. The van der Waals surface area contributed by atoms with Crippen molar-refractivity contribution >= 4 is 33.4 Å². The molecule has 27 heavy (non-hydrogen) atoms. The third-order valence-electron chi connectivity index (χ3n) is 4.46. The maximum absolute atomic E-state index is 13.0. The van der Waals surface area contributed by atoms with Crippen molar-refractivity contribution in [3.63, 3.8) is 0 Å². The normalized spacial score (nSPS) is 14.9. The van der Waals surface area contributed by atoms with Gasteiger partial charge in [-0.15, -0.1) is 11.8 Å². The lowest BCUT2D eigenvalue weighted by atomic mass is 10.2. The van der Waals surface area contributed by atoms with E-state index in [9.17, 15) is 13.2 Å². The Kier molecular flexibility index (Phi) is 6.08. The molecule has 8 heteroatoms. The maximum Gasteiger partial charge on any atom is 0.255 e. The Labute approximate surface area is 164 Å². The first kappa shape index (κ1) is 19.7. The molecule has 0 aliphatic carbocycles. The van der Waals surface area contributed by atoms with Gasteiger partial charge in [-0.25, -0.2) is 8.42 Å². The first-order valence-electron chi connectivity index (χ1n) is 8.60. The fraction of sp³-hybridized carbons (Fsp3) is 0.316. The Bertz CT molecular complexity index is 938. The number of carbonyl (C=O) groups is 1. The monoisotopic (exact) mass is 406 g/mol. The van der Waals surface area contributed by atoms with E-state index in [1.807, 2.05) is 30.5 Å². The van der Waals surface area contributed by atoms with Crippen LogP contribution >= 0.6 is 11.8 Å². The fourth-order valence-electron chi connectivity index (χ4n) is 3.03. The van der Waals surface area contributed by atoms with E-state index in [2.05, 4.69) is 5.32 Å². The quantitative estimate of drug-likeness (QED) is 0.744. The van der Waals surface area contributed by atoms with Gasteiger partial charge in [0.25, 0.3) is 5.91 Å². The minimum Gasteiger partial charge on any atom is -0.495 e. The molecule has 0 bridgehead atoms. The second-order valence-corrected chi connectivity index (χ2v) is 8.89. The predicted molar refractivity (Wildman–Crippen MR) is 107 cm³/mol. The molecule has 0 saturated carbocycles. The number of hydrogen-bond donors (Lipinski definition) is 1. The number of para-hydroxylation sites is 1. The number of amides is 1. The van der Waals surface area contributed by atoms with Crippen LogP contribution in [0.15, 0.2) is 52.3 Å². The number of ether oxygens (including phenoxy) is 1. The minimum atomic E-state index is -3.70. The SMILES string of the molecule is COc1ccc(C(=O)Nc2ccccc2SC)cc1S(=O)(=O)N1CCCC1. The zero-order chi connectivity index (χ0) is 19.4. The van der Waals surface area contributed by atoms with E-state index < -0.39 is 10.0 Å². The number of methoxy groups -OCH3 is 1. The van der Waals surface area contributed by atoms with Crippen LogP contribution in [-0.4, -0.2) is 45.1 Å². The summed E-state index contributed by atoms with van der Waals surface area (Å²) in [6, 6.07) is 12.0. The van der Waals surface area contributed by atoms with Crippen molar-refractivity contribution < 1.29 is 17.9 Å². The van der Waals surface area contributed by atoms with E-state index in [1.54, 1.807) is 6.07 Å². The molecular formula is C19H22N2O4S2. The van der Waals surface area contributed by atoms with Gasteiger partial charge < -0.3 is 10.1 Å². The summed E-state index contributed by atoms with van der Waals surface area (Å²) in [5.41, 5.74) is 0.958. The summed E-state index contributed by atoms with van der Waals surface area (Å²) in [6.07, 6.45) is 3.61. The molecule has 1 amide bonds. The molecule has 0 aromatic heterocycles. The maximum atomic E-state index is 13.0. The van der Waals surface area contributed by atoms with Crippen LogP contribution in [0.3, 0.4) is 0 Å². The number of anilines is 1. The van der Waals surface area contributed by atoms with Crippen molar-refractivity contribution in [1.29, 1.82) is 0 Å². The van der Waals surface area contributed by atoms with Crippen LogP contribution in [0.4, 0.5) is 5.69 Å². The highest BCUT2D eigenvalue weighted by Gasteiger charge is 2.30. The molecule has 3 rings (SSSR count). The van der Waals surface area contributed by atoms with E-state index >= 15 is 0 Å². The molecule has 0 atom stereocenters. The van der Waals surface area contributed by atoms with Gasteiger partial charge in [-0.2, -0.15) is 4.31 Å². The Balaban J connectivity index is 1.94. The number of benzene rings is 2. The molecule has 0 spiro atoms. The summed E-state index contributed by atoms with van der Waals surface area (Å²) in [5.74, 6) is -0.125. The molecule has 0 radical (unpaired) electrons. The lowest BCUT2D eigenvalue weighted by Crippen LogP contribution is -2.28. The fourth-order valence-corrected chi connectivity index (χ4v) is 5.28. The molecular weight excluding hydrogens is 384 g/mol. The Morgan fingerprint density at radius 2 is 1.85 bits per heavy atom. The van der Waals surface area contributed by atoms with Gasteiger partial charge in [-0.3, -0.25) is 4.79 Å². The Hall–Kier alpha value is -2.03. The first-order valence-corrected chi connectivity index (χ1v) is 11.3. The summed E-state index contributed by atoms with van der Waals surface area (Å²) < 4.78 is 32.6. The van der Waals surface area contributed by atoms with Crippen molar-refractivity contribution in [2.75, 3.05) is 31.8 Å². The summed E-state index contributed by atoms with van der Waals surface area (Å²) in [6.45, 7) is 0.978. The lowest BCUT2D eigenvalue weighted by molar-refractivity contribution is 0.102. The van der Waals surface area contributed by atoms with Crippen LogP contribution in [0.2, 0.25) is 0 Å². The number of carbonyl (C=O) groups excluding carboxylic acids is 1. The Morgan fingerprint density at radius 3 is 2.52 bits per heavy atom. The summed E-state index contributed by atoms with van der Waals surface area (Å²) >= 11 is 1.53. The van der Waals surface area contributed by atoms with Gasteiger partial charge >= 0.3 is 0 Å². The van der Waals surface area contributed by atoms with E-state index in [0.717, 1.165) is 17.7 Å². The molecule has 1 saturated heterocycles. The van der Waals surface area contributed by atoms with Crippen molar-refractivity contribution in [2.24, 2.45) is 0 Å². The first-order chi connectivity index (χ1) is 13.0. The third kappa shape index (κ3) is 4.12. The van der Waals surface area contributed by atoms with Crippen LogP contribution in [0.25, 0.3) is 0 Å². The number of nitrogens with zero attached hydrogens (tertiary/aromatic N) is 1. The third-order valence-corrected chi connectivity index (χ3v) is 7.18. The number of hydrogen-bond acceptors (Lipinski definition) is 5.